The van der Waals surface area contributed by atoms with Crippen LogP contribution >= 0.6 is 0 Å². The molecule has 1 atom stereocenters. The largest absolute Gasteiger partial charge is 0.772 e. The van der Waals surface area contributed by atoms with E-state index in [0.717, 1.165) is 6.42 Å². The molecule has 0 fully saturated rings. The van der Waals surface area contributed by atoms with Gasteiger partial charge in [0.25, 0.3) is 0 Å². The molecule has 10 heavy (non-hydrogen) atoms. The molecule has 4 heteroatoms. The summed E-state index contributed by atoms with van der Waals surface area (Å²) in [7, 11) is 0. The summed E-state index contributed by atoms with van der Waals surface area (Å²) < 4.78 is 20.1. The third-order valence-electron chi connectivity index (χ3n) is 1.13. The summed E-state index contributed by atoms with van der Waals surface area (Å²) in [6, 6.07) is 0. The van der Waals surface area contributed by atoms with Gasteiger partial charge in [0.2, 0.25) is 0 Å². The average Bonchev–Trinajstić information content (AvgIpc) is 1.59. The van der Waals surface area contributed by atoms with E-state index in [0.29, 0.717) is 6.42 Å². The van der Waals surface area contributed by atoms with Crippen molar-refractivity contribution in [3.05, 3.63) is 0 Å². The summed E-state index contributed by atoms with van der Waals surface area (Å²) in [5.74, 6) is 0.223. The van der Waals surface area contributed by atoms with Crippen molar-refractivity contribution in [2.24, 2.45) is 5.73 Å². The van der Waals surface area contributed by atoms with E-state index in [1.54, 1.807) is 0 Å². The van der Waals surface area contributed by atoms with Crippen molar-refractivity contribution < 1.29 is 8.76 Å². The molecule has 62 valence electrons. The summed E-state index contributed by atoms with van der Waals surface area (Å²) in [4.78, 5) is 0. The van der Waals surface area contributed by atoms with E-state index in [9.17, 15) is 8.76 Å². The Morgan fingerprint density at radius 2 is 2.10 bits per heavy atom. The van der Waals surface area contributed by atoms with Gasteiger partial charge in [0.05, 0.1) is 0 Å². The first-order chi connectivity index (χ1) is 4.42. The van der Waals surface area contributed by atoms with Gasteiger partial charge in [-0.15, -0.1) is 0 Å². The highest BCUT2D eigenvalue weighted by atomic mass is 32.2. The Morgan fingerprint density at radius 1 is 1.60 bits per heavy atom. The van der Waals surface area contributed by atoms with Crippen LogP contribution in [0, 0.1) is 0 Å². The zero-order valence-corrected chi connectivity index (χ0v) is 7.24. The van der Waals surface area contributed by atoms with Crippen LogP contribution in [-0.4, -0.2) is 20.1 Å². The Labute approximate surface area is 64.3 Å². The SMILES string of the molecule is CC(C)(N)CCCS(=O)[O-]. The molecule has 0 aromatic heterocycles. The Morgan fingerprint density at radius 3 is 2.40 bits per heavy atom. The normalized spacial score (nSPS) is 15.2. The van der Waals surface area contributed by atoms with Crippen LogP contribution in [0.2, 0.25) is 0 Å². The molecule has 0 saturated carbocycles. The minimum absolute atomic E-state index is 0.223. The molecule has 0 radical (unpaired) electrons. The highest BCUT2D eigenvalue weighted by Gasteiger charge is 2.08. The lowest BCUT2D eigenvalue weighted by atomic mass is 10.0. The third kappa shape index (κ3) is 8.07. The Balaban J connectivity index is 3.29. The van der Waals surface area contributed by atoms with E-state index in [2.05, 4.69) is 0 Å². The lowest BCUT2D eigenvalue weighted by Crippen LogP contribution is -2.31. The second-order valence-electron chi connectivity index (χ2n) is 3.10. The summed E-state index contributed by atoms with van der Waals surface area (Å²) in [5, 5.41) is 0. The molecule has 0 spiro atoms. The van der Waals surface area contributed by atoms with Gasteiger partial charge in [0, 0.05) is 11.3 Å². The third-order valence-corrected chi connectivity index (χ3v) is 1.75. The van der Waals surface area contributed by atoms with Gasteiger partial charge >= 0.3 is 0 Å². The van der Waals surface area contributed by atoms with Crippen molar-refractivity contribution >= 4 is 11.1 Å². The predicted molar refractivity (Wildman–Crippen MR) is 41.3 cm³/mol. The smallest absolute Gasteiger partial charge is 0.0102 e. The van der Waals surface area contributed by atoms with Crippen LogP contribution in [0.25, 0.3) is 0 Å². The second-order valence-corrected chi connectivity index (χ2v) is 4.12. The van der Waals surface area contributed by atoms with E-state index >= 15 is 0 Å². The first kappa shape index (κ1) is 10.1. The van der Waals surface area contributed by atoms with Crippen LogP contribution in [0.15, 0.2) is 0 Å². The summed E-state index contributed by atoms with van der Waals surface area (Å²) in [6.45, 7) is 3.78. The van der Waals surface area contributed by atoms with Crippen LogP contribution in [0.1, 0.15) is 26.7 Å². The Bertz CT molecular complexity index is 119. The molecule has 3 nitrogen and oxygen atoms in total. The maximum absolute atomic E-state index is 10.0. The molecule has 0 aliphatic rings. The van der Waals surface area contributed by atoms with E-state index in [1.165, 1.54) is 0 Å². The summed E-state index contributed by atoms with van der Waals surface area (Å²) in [5.41, 5.74) is 5.38. The maximum Gasteiger partial charge on any atom is 0.0102 e. The van der Waals surface area contributed by atoms with Crippen LogP contribution in [0.4, 0.5) is 0 Å². The molecule has 0 aromatic carbocycles. The molecule has 0 saturated heterocycles. The minimum atomic E-state index is -1.91. The van der Waals surface area contributed by atoms with Crippen molar-refractivity contribution in [3.8, 4) is 0 Å². The van der Waals surface area contributed by atoms with Crippen LogP contribution < -0.4 is 5.73 Å². The average molecular weight is 164 g/mol. The van der Waals surface area contributed by atoms with E-state index < -0.39 is 11.1 Å². The zero-order valence-electron chi connectivity index (χ0n) is 6.42. The minimum Gasteiger partial charge on any atom is -0.772 e. The standard InChI is InChI=1S/C6H15NO2S/c1-6(2,7)4-3-5-10(8)9/h3-5,7H2,1-2H3,(H,8,9)/p-1. The maximum atomic E-state index is 10.0. The molecule has 0 heterocycles. The fourth-order valence-corrected chi connectivity index (χ4v) is 1.03. The molecule has 0 aliphatic carbocycles. The Kier molecular flexibility index (Phi) is 4.08. The molecular weight excluding hydrogens is 150 g/mol. The fraction of sp³-hybridized carbons (Fsp3) is 1.00. The topological polar surface area (TPSA) is 66.2 Å². The van der Waals surface area contributed by atoms with Gasteiger partial charge in [0.1, 0.15) is 0 Å². The molecule has 2 N–H and O–H groups in total. The van der Waals surface area contributed by atoms with Crippen molar-refractivity contribution in [2.75, 3.05) is 5.75 Å². The van der Waals surface area contributed by atoms with Gasteiger partial charge < -0.3 is 10.3 Å². The van der Waals surface area contributed by atoms with Crippen molar-refractivity contribution in [2.45, 2.75) is 32.2 Å². The molecule has 0 aromatic rings. The first-order valence-electron chi connectivity index (χ1n) is 3.26. The molecule has 0 aliphatic heterocycles. The van der Waals surface area contributed by atoms with Crippen molar-refractivity contribution in [3.63, 3.8) is 0 Å². The molecule has 0 amide bonds. The quantitative estimate of drug-likeness (QED) is 0.611. The Hall–Kier alpha value is 0.0700. The molecule has 1 unspecified atom stereocenters. The number of nitrogens with two attached hydrogens (primary N) is 1. The number of hydrogen-bond donors (Lipinski definition) is 1. The van der Waals surface area contributed by atoms with Gasteiger partial charge in [-0.25, -0.2) is 0 Å². The summed E-state index contributed by atoms with van der Waals surface area (Å²) in [6.07, 6.45) is 1.40. The van der Waals surface area contributed by atoms with Crippen molar-refractivity contribution in [1.82, 2.24) is 0 Å². The van der Waals surface area contributed by atoms with Gasteiger partial charge in [-0.3, -0.25) is 4.21 Å². The van der Waals surface area contributed by atoms with Crippen LogP contribution in [-0.2, 0) is 11.1 Å². The van der Waals surface area contributed by atoms with Gasteiger partial charge in [-0.1, -0.05) is 11.1 Å². The lowest BCUT2D eigenvalue weighted by molar-refractivity contribution is 0.465. The fourth-order valence-electron chi connectivity index (χ4n) is 0.646. The lowest BCUT2D eigenvalue weighted by Gasteiger charge is -2.18. The first-order valence-corrected chi connectivity index (χ1v) is 4.51. The van der Waals surface area contributed by atoms with E-state index in [-0.39, 0.29) is 11.3 Å². The highest BCUT2D eigenvalue weighted by Crippen LogP contribution is 2.06. The highest BCUT2D eigenvalue weighted by molar-refractivity contribution is 7.79. The molecule has 0 rings (SSSR count). The predicted octanol–water partition coefficient (Wildman–Crippen LogP) is 0.383. The van der Waals surface area contributed by atoms with Gasteiger partial charge in [0.15, 0.2) is 0 Å². The van der Waals surface area contributed by atoms with Gasteiger partial charge in [-0.05, 0) is 26.7 Å². The van der Waals surface area contributed by atoms with E-state index in [4.69, 9.17) is 5.73 Å². The molecule has 0 bridgehead atoms. The zero-order chi connectivity index (χ0) is 8.20. The number of rotatable bonds is 4. The van der Waals surface area contributed by atoms with Crippen LogP contribution in [0.5, 0.6) is 0 Å². The summed E-state index contributed by atoms with van der Waals surface area (Å²) >= 11 is -1.91. The monoisotopic (exact) mass is 164 g/mol. The van der Waals surface area contributed by atoms with E-state index in [1.807, 2.05) is 13.8 Å². The van der Waals surface area contributed by atoms with Gasteiger partial charge in [-0.2, -0.15) is 0 Å². The van der Waals surface area contributed by atoms with Crippen LogP contribution in [0.3, 0.4) is 0 Å². The second kappa shape index (κ2) is 4.05. The van der Waals surface area contributed by atoms with Crippen molar-refractivity contribution in [1.29, 1.82) is 0 Å². The molecular formula is C6H14NO2S-. The number of hydrogen-bond acceptors (Lipinski definition) is 3.